The number of hydrogen-bond acceptors (Lipinski definition) is 4. The van der Waals surface area contributed by atoms with E-state index in [-0.39, 0.29) is 30.9 Å². The van der Waals surface area contributed by atoms with Crippen molar-refractivity contribution in [1.82, 2.24) is 10.6 Å². The lowest BCUT2D eigenvalue weighted by atomic mass is 10.1. The van der Waals surface area contributed by atoms with E-state index in [1.165, 1.54) is 13.0 Å². The van der Waals surface area contributed by atoms with Gasteiger partial charge in [0, 0.05) is 18.2 Å². The van der Waals surface area contributed by atoms with E-state index in [1.54, 1.807) is 18.2 Å². The summed E-state index contributed by atoms with van der Waals surface area (Å²) >= 11 is 0. The Bertz CT molecular complexity index is 671. The summed E-state index contributed by atoms with van der Waals surface area (Å²) in [4.78, 5) is 23.0. The fourth-order valence-corrected chi connectivity index (χ4v) is 2.87. The first-order valence-electron chi connectivity index (χ1n) is 7.24. The highest BCUT2D eigenvalue weighted by Gasteiger charge is 2.18. The number of ketones is 1. The summed E-state index contributed by atoms with van der Waals surface area (Å²) < 4.78 is 25.1. The summed E-state index contributed by atoms with van der Waals surface area (Å²) in [6.45, 7) is 5.30. The van der Waals surface area contributed by atoms with Gasteiger partial charge in [0.25, 0.3) is 0 Å². The summed E-state index contributed by atoms with van der Waals surface area (Å²) in [6, 6.07) is 6.03. The van der Waals surface area contributed by atoms with E-state index in [1.807, 2.05) is 13.8 Å². The molecule has 1 aromatic carbocycles. The van der Waals surface area contributed by atoms with Crippen LogP contribution in [-0.2, 0) is 10.0 Å². The van der Waals surface area contributed by atoms with Gasteiger partial charge in [-0.05, 0) is 32.9 Å². The Morgan fingerprint density at radius 3 is 2.43 bits per heavy atom. The van der Waals surface area contributed by atoms with Crippen molar-refractivity contribution < 1.29 is 18.0 Å². The molecule has 0 radical (unpaired) electrons. The molecule has 0 aliphatic heterocycles. The predicted octanol–water partition coefficient (Wildman–Crippen LogP) is 1.36. The lowest BCUT2D eigenvalue weighted by Gasteiger charge is -2.23. The number of sulfonamides is 1. The first-order chi connectivity index (χ1) is 10.6. The van der Waals surface area contributed by atoms with Crippen LogP contribution in [0.15, 0.2) is 24.3 Å². The van der Waals surface area contributed by atoms with Crippen molar-refractivity contribution in [3.8, 4) is 0 Å². The van der Waals surface area contributed by atoms with E-state index in [0.29, 0.717) is 11.3 Å². The highest BCUT2D eigenvalue weighted by Crippen LogP contribution is 2.19. The van der Waals surface area contributed by atoms with Gasteiger partial charge in [-0.1, -0.05) is 12.1 Å². The first-order valence-corrected chi connectivity index (χ1v) is 9.09. The molecule has 0 heterocycles. The Balaban J connectivity index is 2.85. The van der Waals surface area contributed by atoms with Gasteiger partial charge in [0.2, 0.25) is 10.0 Å². The third-order valence-electron chi connectivity index (χ3n) is 2.96. The molecule has 8 heteroatoms. The molecule has 1 rings (SSSR count). The first kappa shape index (κ1) is 19.0. The van der Waals surface area contributed by atoms with Crippen LogP contribution in [0.4, 0.5) is 10.5 Å². The Hall–Kier alpha value is -2.09. The lowest BCUT2D eigenvalue weighted by Crippen LogP contribution is -2.43. The molecule has 0 spiro atoms. The summed E-state index contributed by atoms with van der Waals surface area (Å²) in [5, 5.41) is 5.26. The average Bonchev–Trinajstić information content (AvgIpc) is 2.41. The highest BCUT2D eigenvalue weighted by atomic mass is 32.2. The maximum atomic E-state index is 12.0. The van der Waals surface area contributed by atoms with Crippen molar-refractivity contribution in [2.24, 2.45) is 0 Å². The number of hydrogen-bond donors (Lipinski definition) is 2. The van der Waals surface area contributed by atoms with Crippen LogP contribution >= 0.6 is 0 Å². The zero-order chi connectivity index (χ0) is 17.6. The number of Topliss-reactive ketones (excluding diaryl/α,β-unsaturated/α-hetero) is 1. The van der Waals surface area contributed by atoms with E-state index >= 15 is 0 Å². The number of urea groups is 1. The van der Waals surface area contributed by atoms with Crippen LogP contribution in [0, 0.1) is 0 Å². The van der Waals surface area contributed by atoms with Crippen LogP contribution < -0.4 is 14.9 Å². The number of carbonyl (C=O) groups excluding carboxylic acids is 2. The van der Waals surface area contributed by atoms with Crippen LogP contribution in [0.5, 0.6) is 0 Å². The molecule has 0 fully saturated rings. The number of benzene rings is 1. The Labute approximate surface area is 137 Å². The van der Waals surface area contributed by atoms with E-state index < -0.39 is 10.0 Å². The molecule has 1 aromatic rings. The molecular formula is C15H23N3O4S. The van der Waals surface area contributed by atoms with Crippen LogP contribution in [0.3, 0.4) is 0 Å². The van der Waals surface area contributed by atoms with Crippen LogP contribution in [0.2, 0.25) is 0 Å². The summed E-state index contributed by atoms with van der Waals surface area (Å²) in [5.41, 5.74) is 0.827. The minimum Gasteiger partial charge on any atom is -0.336 e. The molecule has 0 aromatic heterocycles. The molecule has 2 N–H and O–H groups in total. The second-order valence-corrected chi connectivity index (χ2v) is 7.40. The van der Waals surface area contributed by atoms with Gasteiger partial charge in [-0.3, -0.25) is 9.10 Å². The largest absolute Gasteiger partial charge is 0.336 e. The Morgan fingerprint density at radius 1 is 1.26 bits per heavy atom. The van der Waals surface area contributed by atoms with Gasteiger partial charge in [0.15, 0.2) is 5.78 Å². The van der Waals surface area contributed by atoms with Gasteiger partial charge in [-0.15, -0.1) is 0 Å². The molecule has 0 bridgehead atoms. The standard InChI is InChI=1S/C15H23N3O4S/c1-11(2)17-15(20)16-8-9-18(23(4,21)22)14-7-5-6-13(10-14)12(3)19/h5-7,10-11H,8-9H2,1-4H3,(H2,16,17,20). The molecule has 0 saturated carbocycles. The second-order valence-electron chi connectivity index (χ2n) is 5.50. The summed E-state index contributed by atoms with van der Waals surface area (Å²) in [7, 11) is -3.53. The van der Waals surface area contributed by atoms with Crippen molar-refractivity contribution in [2.45, 2.75) is 26.8 Å². The predicted molar refractivity (Wildman–Crippen MR) is 90.3 cm³/mol. The molecule has 7 nitrogen and oxygen atoms in total. The summed E-state index contributed by atoms with van der Waals surface area (Å²) in [5.74, 6) is -0.144. The molecule has 128 valence electrons. The zero-order valence-corrected chi connectivity index (χ0v) is 14.6. The maximum Gasteiger partial charge on any atom is 0.315 e. The average molecular weight is 341 g/mol. The molecular weight excluding hydrogens is 318 g/mol. The number of nitrogens with one attached hydrogen (secondary N) is 2. The Morgan fingerprint density at radius 2 is 1.91 bits per heavy atom. The van der Waals surface area contributed by atoms with E-state index in [2.05, 4.69) is 10.6 Å². The van der Waals surface area contributed by atoms with Gasteiger partial charge >= 0.3 is 6.03 Å². The number of anilines is 1. The maximum absolute atomic E-state index is 12.0. The number of rotatable bonds is 7. The number of carbonyl (C=O) groups is 2. The SMILES string of the molecule is CC(=O)c1cccc(N(CCNC(=O)NC(C)C)S(C)(=O)=O)c1. The molecule has 0 aliphatic rings. The van der Waals surface area contributed by atoms with Gasteiger partial charge < -0.3 is 10.6 Å². The van der Waals surface area contributed by atoms with Gasteiger partial charge in [-0.25, -0.2) is 13.2 Å². The third-order valence-corrected chi connectivity index (χ3v) is 4.16. The zero-order valence-electron chi connectivity index (χ0n) is 13.8. The number of amides is 2. The number of nitrogens with zero attached hydrogens (tertiary/aromatic N) is 1. The summed E-state index contributed by atoms with van der Waals surface area (Å²) in [6.07, 6.45) is 1.08. The van der Waals surface area contributed by atoms with Gasteiger partial charge in [0.05, 0.1) is 18.5 Å². The highest BCUT2D eigenvalue weighted by molar-refractivity contribution is 7.92. The van der Waals surface area contributed by atoms with Gasteiger partial charge in [-0.2, -0.15) is 0 Å². The minimum atomic E-state index is -3.53. The van der Waals surface area contributed by atoms with E-state index in [0.717, 1.165) is 10.6 Å². The van der Waals surface area contributed by atoms with Gasteiger partial charge in [0.1, 0.15) is 0 Å². The molecule has 0 atom stereocenters. The van der Waals surface area contributed by atoms with E-state index in [4.69, 9.17) is 0 Å². The Kier molecular flexibility index (Phi) is 6.56. The minimum absolute atomic E-state index is 0.00624. The van der Waals surface area contributed by atoms with Crippen LogP contribution in [0.25, 0.3) is 0 Å². The normalized spacial score (nSPS) is 11.2. The monoisotopic (exact) mass is 341 g/mol. The molecule has 23 heavy (non-hydrogen) atoms. The smallest absolute Gasteiger partial charge is 0.315 e. The van der Waals surface area contributed by atoms with Crippen LogP contribution in [0.1, 0.15) is 31.1 Å². The lowest BCUT2D eigenvalue weighted by molar-refractivity contribution is 0.101. The molecule has 0 unspecified atom stereocenters. The van der Waals surface area contributed by atoms with Crippen molar-refractivity contribution in [3.05, 3.63) is 29.8 Å². The van der Waals surface area contributed by atoms with Crippen molar-refractivity contribution in [3.63, 3.8) is 0 Å². The van der Waals surface area contributed by atoms with Crippen LogP contribution in [-0.4, -0.2) is 45.6 Å². The van der Waals surface area contributed by atoms with Crippen molar-refractivity contribution in [1.29, 1.82) is 0 Å². The van der Waals surface area contributed by atoms with Crippen molar-refractivity contribution >= 4 is 27.5 Å². The van der Waals surface area contributed by atoms with E-state index in [9.17, 15) is 18.0 Å². The topological polar surface area (TPSA) is 95.6 Å². The molecule has 2 amide bonds. The third kappa shape index (κ3) is 6.27. The quantitative estimate of drug-likeness (QED) is 0.732. The molecule has 0 saturated heterocycles. The van der Waals surface area contributed by atoms with Crippen molar-refractivity contribution in [2.75, 3.05) is 23.7 Å². The fraction of sp³-hybridized carbons (Fsp3) is 0.467. The second kappa shape index (κ2) is 7.96. The molecule has 0 aliphatic carbocycles. The fourth-order valence-electron chi connectivity index (χ4n) is 1.95.